The van der Waals surface area contributed by atoms with Crippen LogP contribution in [0.1, 0.15) is 24.8 Å². The highest BCUT2D eigenvalue weighted by molar-refractivity contribution is 7.93. The van der Waals surface area contributed by atoms with Gasteiger partial charge in [0.1, 0.15) is 5.25 Å². The summed E-state index contributed by atoms with van der Waals surface area (Å²) in [5, 5.41) is 9.12. The molecule has 3 rings (SSSR count). The van der Waals surface area contributed by atoms with E-state index < -0.39 is 21.0 Å². The maximum Gasteiger partial charge on any atom is 0.264 e. The summed E-state index contributed by atoms with van der Waals surface area (Å²) in [6.07, 6.45) is 1.40. The third-order valence-electron chi connectivity index (χ3n) is 4.57. The van der Waals surface area contributed by atoms with Gasteiger partial charge in [-0.25, -0.2) is 13.5 Å². The standard InChI is InChI=1S/C19H21NO4S/c1-14-8-7-11-16(15-9-3-2-4-10-15)18(14)25(23,24)17-12-5-6-13-20(22)19(17)21/h2-4,7-11,17,22H,5-6,12-13H2,1H3. The van der Waals surface area contributed by atoms with Gasteiger partial charge in [-0.2, -0.15) is 0 Å². The Morgan fingerprint density at radius 3 is 2.48 bits per heavy atom. The summed E-state index contributed by atoms with van der Waals surface area (Å²) in [4.78, 5) is 12.6. The van der Waals surface area contributed by atoms with Crippen molar-refractivity contribution in [1.82, 2.24) is 5.06 Å². The Balaban J connectivity index is 2.16. The highest BCUT2D eigenvalue weighted by Crippen LogP contribution is 2.34. The van der Waals surface area contributed by atoms with Gasteiger partial charge in [0.2, 0.25) is 0 Å². The monoisotopic (exact) mass is 359 g/mol. The molecule has 1 atom stereocenters. The zero-order chi connectivity index (χ0) is 18.0. The number of hydrogen-bond acceptors (Lipinski definition) is 4. The summed E-state index contributed by atoms with van der Waals surface area (Å²) in [6.45, 7) is 1.90. The molecule has 0 radical (unpaired) electrons. The number of carbonyl (C=O) groups excluding carboxylic acids is 1. The lowest BCUT2D eigenvalue weighted by Crippen LogP contribution is -2.40. The molecule has 0 bridgehead atoms. The van der Waals surface area contributed by atoms with Gasteiger partial charge in [0.25, 0.3) is 5.91 Å². The fraction of sp³-hybridized carbons (Fsp3) is 0.316. The van der Waals surface area contributed by atoms with Crippen LogP contribution in [0.15, 0.2) is 53.4 Å². The number of hydroxylamine groups is 2. The van der Waals surface area contributed by atoms with Crippen LogP contribution in [0.2, 0.25) is 0 Å². The number of hydrogen-bond donors (Lipinski definition) is 1. The van der Waals surface area contributed by atoms with Gasteiger partial charge in [0.15, 0.2) is 9.84 Å². The summed E-state index contributed by atoms with van der Waals surface area (Å²) in [5.41, 5.74) is 1.97. The molecular weight excluding hydrogens is 338 g/mol. The second-order valence-corrected chi connectivity index (χ2v) is 8.38. The van der Waals surface area contributed by atoms with Gasteiger partial charge < -0.3 is 0 Å². The SMILES string of the molecule is Cc1cccc(-c2ccccc2)c1S(=O)(=O)C1CCCCN(O)C1=O. The van der Waals surface area contributed by atoms with Gasteiger partial charge >= 0.3 is 0 Å². The average molecular weight is 359 g/mol. The van der Waals surface area contributed by atoms with Gasteiger partial charge in [-0.05, 0) is 37.3 Å². The van der Waals surface area contributed by atoms with Crippen molar-refractivity contribution >= 4 is 15.7 Å². The first kappa shape index (κ1) is 17.6. The lowest BCUT2D eigenvalue weighted by atomic mass is 10.0. The van der Waals surface area contributed by atoms with E-state index in [4.69, 9.17) is 0 Å². The van der Waals surface area contributed by atoms with E-state index in [1.165, 1.54) is 0 Å². The summed E-state index contributed by atoms with van der Waals surface area (Å²) < 4.78 is 26.7. The smallest absolute Gasteiger partial charge is 0.264 e. The molecule has 1 aliphatic rings. The average Bonchev–Trinajstić information content (AvgIpc) is 2.77. The Labute approximate surface area is 147 Å². The summed E-state index contributed by atoms with van der Waals surface area (Å²) >= 11 is 0. The minimum absolute atomic E-state index is 0.171. The summed E-state index contributed by atoms with van der Waals surface area (Å²) in [6, 6.07) is 14.6. The zero-order valence-corrected chi connectivity index (χ0v) is 14.9. The quantitative estimate of drug-likeness (QED) is 0.854. The van der Waals surface area contributed by atoms with Crippen molar-refractivity contribution in [1.29, 1.82) is 0 Å². The zero-order valence-electron chi connectivity index (χ0n) is 14.1. The Bertz CT molecular complexity index is 878. The van der Waals surface area contributed by atoms with Crippen molar-refractivity contribution in [2.24, 2.45) is 0 Å². The molecule has 1 amide bonds. The van der Waals surface area contributed by atoms with Crippen LogP contribution in [0.5, 0.6) is 0 Å². The van der Waals surface area contributed by atoms with Crippen LogP contribution >= 0.6 is 0 Å². The van der Waals surface area contributed by atoms with Crippen LogP contribution in [0.25, 0.3) is 11.1 Å². The molecule has 0 spiro atoms. The molecule has 1 N–H and O–H groups in total. The van der Waals surface area contributed by atoms with E-state index >= 15 is 0 Å². The number of benzene rings is 2. The lowest BCUT2D eigenvalue weighted by molar-refractivity contribution is -0.163. The Kier molecular flexibility index (Phi) is 4.92. The molecular formula is C19H21NO4S. The fourth-order valence-corrected chi connectivity index (χ4v) is 5.45. The maximum atomic E-state index is 13.4. The van der Waals surface area contributed by atoms with E-state index in [-0.39, 0.29) is 17.9 Å². The fourth-order valence-electron chi connectivity index (χ4n) is 3.30. The predicted molar refractivity (Wildman–Crippen MR) is 94.9 cm³/mol. The van der Waals surface area contributed by atoms with Crippen LogP contribution < -0.4 is 0 Å². The van der Waals surface area contributed by atoms with Crippen molar-refractivity contribution in [3.8, 4) is 11.1 Å². The summed E-state index contributed by atoms with van der Waals surface area (Å²) in [5.74, 6) is -0.736. The molecule has 1 unspecified atom stereocenters. The van der Waals surface area contributed by atoms with Crippen molar-refractivity contribution in [2.45, 2.75) is 36.3 Å². The number of nitrogens with zero attached hydrogens (tertiary/aromatic N) is 1. The normalized spacial score (nSPS) is 18.9. The Morgan fingerprint density at radius 1 is 1.04 bits per heavy atom. The molecule has 0 aliphatic carbocycles. The Morgan fingerprint density at radius 2 is 1.76 bits per heavy atom. The number of aryl methyl sites for hydroxylation is 1. The molecule has 2 aromatic rings. The highest BCUT2D eigenvalue weighted by Gasteiger charge is 2.39. The largest absolute Gasteiger partial charge is 0.286 e. The lowest BCUT2D eigenvalue weighted by Gasteiger charge is -2.21. The number of carbonyl (C=O) groups is 1. The molecule has 1 fully saturated rings. The molecule has 1 heterocycles. The predicted octanol–water partition coefficient (Wildman–Crippen LogP) is 3.21. The molecule has 6 heteroatoms. The van der Waals surface area contributed by atoms with Crippen molar-refractivity contribution < 1.29 is 18.4 Å². The van der Waals surface area contributed by atoms with Gasteiger partial charge in [0, 0.05) is 12.1 Å². The highest BCUT2D eigenvalue weighted by atomic mass is 32.2. The Hall–Kier alpha value is -2.18. The maximum absolute atomic E-state index is 13.4. The first-order valence-electron chi connectivity index (χ1n) is 8.32. The van der Waals surface area contributed by atoms with E-state index in [1.54, 1.807) is 19.1 Å². The third kappa shape index (κ3) is 3.32. The number of rotatable bonds is 3. The van der Waals surface area contributed by atoms with E-state index in [0.29, 0.717) is 29.0 Å². The molecule has 0 saturated carbocycles. The van der Waals surface area contributed by atoms with E-state index in [0.717, 1.165) is 5.56 Å². The van der Waals surface area contributed by atoms with Crippen molar-refractivity contribution in [3.05, 3.63) is 54.1 Å². The van der Waals surface area contributed by atoms with Crippen molar-refractivity contribution in [3.63, 3.8) is 0 Å². The van der Waals surface area contributed by atoms with E-state index in [9.17, 15) is 18.4 Å². The number of sulfone groups is 1. The molecule has 1 saturated heterocycles. The molecule has 1 aliphatic heterocycles. The van der Waals surface area contributed by atoms with Crippen LogP contribution in [-0.4, -0.2) is 36.4 Å². The molecule has 5 nitrogen and oxygen atoms in total. The molecule has 0 aromatic heterocycles. The van der Waals surface area contributed by atoms with Crippen LogP contribution in [0.4, 0.5) is 0 Å². The van der Waals surface area contributed by atoms with Gasteiger partial charge in [0.05, 0.1) is 4.90 Å². The number of amides is 1. The second-order valence-electron chi connectivity index (χ2n) is 6.31. The summed E-state index contributed by atoms with van der Waals surface area (Å²) in [7, 11) is -3.93. The van der Waals surface area contributed by atoms with E-state index in [2.05, 4.69) is 0 Å². The minimum Gasteiger partial charge on any atom is -0.286 e. The van der Waals surface area contributed by atoms with Gasteiger partial charge in [-0.15, -0.1) is 0 Å². The molecule has 25 heavy (non-hydrogen) atoms. The third-order valence-corrected chi connectivity index (χ3v) is 6.87. The van der Waals surface area contributed by atoms with E-state index in [1.807, 2.05) is 36.4 Å². The van der Waals surface area contributed by atoms with Crippen LogP contribution in [0.3, 0.4) is 0 Å². The first-order valence-corrected chi connectivity index (χ1v) is 9.87. The topological polar surface area (TPSA) is 74.7 Å². The van der Waals surface area contributed by atoms with Gasteiger partial charge in [-0.3, -0.25) is 10.0 Å². The van der Waals surface area contributed by atoms with Crippen LogP contribution in [-0.2, 0) is 14.6 Å². The minimum atomic E-state index is -3.93. The van der Waals surface area contributed by atoms with Crippen molar-refractivity contribution in [2.75, 3.05) is 6.54 Å². The van der Waals surface area contributed by atoms with Gasteiger partial charge in [-0.1, -0.05) is 48.5 Å². The first-order chi connectivity index (χ1) is 11.9. The van der Waals surface area contributed by atoms with Crippen LogP contribution in [0, 0.1) is 6.92 Å². The second kappa shape index (κ2) is 6.98. The molecule has 132 valence electrons. The molecule has 2 aromatic carbocycles.